The maximum absolute atomic E-state index is 12.3. The predicted octanol–water partition coefficient (Wildman–Crippen LogP) is 1.58. The molecule has 0 aromatic carbocycles. The lowest BCUT2D eigenvalue weighted by Crippen LogP contribution is -2.43. The number of nitrogens with one attached hydrogen (secondary N) is 1. The standard InChI is InChI=1S/C12H26N2O2S/c1-3-13-11-12(2)17(15,16)14-9-7-5-4-6-8-10-14/h12-13H,3-11H2,1-2H3. The fraction of sp³-hybridized carbons (Fsp3) is 1.00. The van der Waals surface area contributed by atoms with Crippen LogP contribution >= 0.6 is 0 Å². The number of sulfonamides is 1. The van der Waals surface area contributed by atoms with Gasteiger partial charge in [0.2, 0.25) is 10.0 Å². The zero-order valence-corrected chi connectivity index (χ0v) is 11.9. The van der Waals surface area contributed by atoms with Crippen molar-refractivity contribution in [1.29, 1.82) is 0 Å². The van der Waals surface area contributed by atoms with Gasteiger partial charge in [-0.2, -0.15) is 0 Å². The Labute approximate surface area is 106 Å². The van der Waals surface area contributed by atoms with Crippen molar-refractivity contribution in [1.82, 2.24) is 9.62 Å². The largest absolute Gasteiger partial charge is 0.316 e. The summed E-state index contributed by atoms with van der Waals surface area (Å²) in [6.07, 6.45) is 5.59. The van der Waals surface area contributed by atoms with Gasteiger partial charge < -0.3 is 5.32 Å². The molecule has 1 fully saturated rings. The van der Waals surface area contributed by atoms with Gasteiger partial charge in [-0.25, -0.2) is 12.7 Å². The van der Waals surface area contributed by atoms with E-state index in [0.29, 0.717) is 19.6 Å². The molecule has 1 saturated heterocycles. The van der Waals surface area contributed by atoms with E-state index >= 15 is 0 Å². The summed E-state index contributed by atoms with van der Waals surface area (Å²) in [6.45, 7) is 6.58. The lowest BCUT2D eigenvalue weighted by molar-refractivity contribution is 0.359. The third-order valence-corrected chi connectivity index (χ3v) is 5.63. The Hall–Kier alpha value is -0.130. The number of rotatable bonds is 5. The van der Waals surface area contributed by atoms with E-state index in [2.05, 4.69) is 5.32 Å². The van der Waals surface area contributed by atoms with Crippen LogP contribution in [0.2, 0.25) is 0 Å². The Bertz CT molecular complexity index is 296. The average Bonchev–Trinajstić information content (AvgIpc) is 2.24. The van der Waals surface area contributed by atoms with Gasteiger partial charge in [0, 0.05) is 19.6 Å². The molecule has 1 aliphatic heterocycles. The van der Waals surface area contributed by atoms with Crippen LogP contribution in [0.4, 0.5) is 0 Å². The molecular formula is C12H26N2O2S. The first kappa shape index (κ1) is 14.9. The van der Waals surface area contributed by atoms with E-state index in [1.807, 2.05) is 6.92 Å². The molecule has 0 bridgehead atoms. The van der Waals surface area contributed by atoms with Crippen molar-refractivity contribution in [3.05, 3.63) is 0 Å². The van der Waals surface area contributed by atoms with E-state index in [1.54, 1.807) is 11.2 Å². The minimum atomic E-state index is -3.10. The Balaban J connectivity index is 2.59. The van der Waals surface area contributed by atoms with Crippen LogP contribution in [-0.2, 0) is 10.0 Å². The lowest BCUT2D eigenvalue weighted by atomic mass is 10.1. The van der Waals surface area contributed by atoms with E-state index in [0.717, 1.165) is 32.2 Å². The molecule has 0 radical (unpaired) electrons. The van der Waals surface area contributed by atoms with Gasteiger partial charge >= 0.3 is 0 Å². The molecule has 1 N–H and O–H groups in total. The topological polar surface area (TPSA) is 49.4 Å². The fourth-order valence-corrected chi connectivity index (χ4v) is 3.78. The van der Waals surface area contributed by atoms with E-state index in [-0.39, 0.29) is 5.25 Å². The number of hydrogen-bond donors (Lipinski definition) is 1. The van der Waals surface area contributed by atoms with Crippen LogP contribution < -0.4 is 5.32 Å². The van der Waals surface area contributed by atoms with Gasteiger partial charge in [0.25, 0.3) is 0 Å². The second kappa shape index (κ2) is 7.34. The van der Waals surface area contributed by atoms with E-state index in [9.17, 15) is 8.42 Å². The molecule has 0 saturated carbocycles. The molecule has 102 valence electrons. The first-order valence-corrected chi connectivity index (χ1v) is 8.29. The first-order valence-electron chi connectivity index (χ1n) is 6.78. The first-order chi connectivity index (χ1) is 8.09. The molecule has 0 aromatic rings. The van der Waals surface area contributed by atoms with Crippen molar-refractivity contribution in [2.75, 3.05) is 26.2 Å². The zero-order chi connectivity index (χ0) is 12.7. The molecule has 1 rings (SSSR count). The maximum Gasteiger partial charge on any atom is 0.217 e. The number of hydrogen-bond acceptors (Lipinski definition) is 3. The van der Waals surface area contributed by atoms with Crippen molar-refractivity contribution >= 4 is 10.0 Å². The molecule has 4 nitrogen and oxygen atoms in total. The zero-order valence-electron chi connectivity index (χ0n) is 11.1. The summed E-state index contributed by atoms with van der Waals surface area (Å²) in [6, 6.07) is 0. The van der Waals surface area contributed by atoms with Crippen LogP contribution in [0, 0.1) is 0 Å². The molecule has 5 heteroatoms. The molecule has 1 atom stereocenters. The molecule has 0 amide bonds. The second-order valence-corrected chi connectivity index (χ2v) is 7.18. The molecule has 0 aromatic heterocycles. The summed E-state index contributed by atoms with van der Waals surface area (Å²) in [5.41, 5.74) is 0. The van der Waals surface area contributed by atoms with Crippen LogP contribution in [0.3, 0.4) is 0 Å². The van der Waals surface area contributed by atoms with E-state index in [4.69, 9.17) is 0 Å². The minimum Gasteiger partial charge on any atom is -0.316 e. The summed E-state index contributed by atoms with van der Waals surface area (Å²) in [5, 5.41) is 2.80. The summed E-state index contributed by atoms with van der Waals surface area (Å²) >= 11 is 0. The van der Waals surface area contributed by atoms with Gasteiger partial charge in [-0.1, -0.05) is 26.2 Å². The predicted molar refractivity (Wildman–Crippen MR) is 71.6 cm³/mol. The molecule has 1 heterocycles. The Morgan fingerprint density at radius 3 is 2.18 bits per heavy atom. The Morgan fingerprint density at radius 1 is 1.12 bits per heavy atom. The molecular weight excluding hydrogens is 236 g/mol. The van der Waals surface area contributed by atoms with Crippen LogP contribution in [0.5, 0.6) is 0 Å². The van der Waals surface area contributed by atoms with Crippen molar-refractivity contribution < 1.29 is 8.42 Å². The van der Waals surface area contributed by atoms with Crippen molar-refractivity contribution in [2.24, 2.45) is 0 Å². The van der Waals surface area contributed by atoms with Crippen molar-refractivity contribution in [2.45, 2.75) is 51.2 Å². The van der Waals surface area contributed by atoms with Crippen LogP contribution in [-0.4, -0.2) is 44.2 Å². The van der Waals surface area contributed by atoms with Gasteiger partial charge in [-0.15, -0.1) is 0 Å². The summed E-state index contributed by atoms with van der Waals surface area (Å²) < 4.78 is 26.4. The molecule has 0 spiro atoms. The highest BCUT2D eigenvalue weighted by molar-refractivity contribution is 7.89. The quantitative estimate of drug-likeness (QED) is 0.818. The van der Waals surface area contributed by atoms with E-state index < -0.39 is 10.0 Å². The highest BCUT2D eigenvalue weighted by Gasteiger charge is 2.28. The average molecular weight is 262 g/mol. The van der Waals surface area contributed by atoms with E-state index in [1.165, 1.54) is 6.42 Å². The molecule has 1 unspecified atom stereocenters. The summed E-state index contributed by atoms with van der Waals surface area (Å²) in [7, 11) is -3.10. The summed E-state index contributed by atoms with van der Waals surface area (Å²) in [5.74, 6) is 0. The monoisotopic (exact) mass is 262 g/mol. The summed E-state index contributed by atoms with van der Waals surface area (Å²) in [4.78, 5) is 0. The molecule has 17 heavy (non-hydrogen) atoms. The maximum atomic E-state index is 12.3. The smallest absolute Gasteiger partial charge is 0.217 e. The fourth-order valence-electron chi connectivity index (χ4n) is 2.18. The Kier molecular flexibility index (Phi) is 6.44. The van der Waals surface area contributed by atoms with Crippen LogP contribution in [0.15, 0.2) is 0 Å². The molecule has 0 aliphatic carbocycles. The highest BCUT2D eigenvalue weighted by atomic mass is 32.2. The number of nitrogens with zero attached hydrogens (tertiary/aromatic N) is 1. The SMILES string of the molecule is CCNCC(C)S(=O)(=O)N1CCCCCCC1. The second-order valence-electron chi connectivity index (χ2n) is 4.83. The third-order valence-electron chi connectivity index (χ3n) is 3.37. The highest BCUT2D eigenvalue weighted by Crippen LogP contribution is 2.16. The van der Waals surface area contributed by atoms with Gasteiger partial charge in [0.1, 0.15) is 0 Å². The third kappa shape index (κ3) is 4.56. The lowest BCUT2D eigenvalue weighted by Gasteiger charge is -2.27. The van der Waals surface area contributed by atoms with Crippen molar-refractivity contribution in [3.63, 3.8) is 0 Å². The molecule has 1 aliphatic rings. The minimum absolute atomic E-state index is 0.318. The van der Waals surface area contributed by atoms with Gasteiger partial charge in [-0.3, -0.25) is 0 Å². The van der Waals surface area contributed by atoms with Crippen molar-refractivity contribution in [3.8, 4) is 0 Å². The van der Waals surface area contributed by atoms with Gasteiger partial charge in [-0.05, 0) is 26.3 Å². The van der Waals surface area contributed by atoms with Gasteiger partial charge in [0.05, 0.1) is 5.25 Å². The Morgan fingerprint density at radius 2 is 1.65 bits per heavy atom. The van der Waals surface area contributed by atoms with Crippen LogP contribution in [0.1, 0.15) is 46.0 Å². The normalized spacial score (nSPS) is 21.8. The van der Waals surface area contributed by atoms with Gasteiger partial charge in [0.15, 0.2) is 0 Å². The van der Waals surface area contributed by atoms with Crippen LogP contribution in [0.25, 0.3) is 0 Å².